The average Bonchev–Trinajstić information content (AvgIpc) is 2.89. The lowest BCUT2D eigenvalue weighted by atomic mass is 9.49. The molecule has 4 saturated carbocycles. The number of likely N-dealkylation sites (N-methyl/N-ethyl adjacent to an activating group) is 1. The van der Waals surface area contributed by atoms with Crippen molar-refractivity contribution in [2.75, 3.05) is 20.1 Å². The summed E-state index contributed by atoms with van der Waals surface area (Å²) >= 11 is 7.59. The van der Waals surface area contributed by atoms with Gasteiger partial charge in [0.1, 0.15) is 6.54 Å². The number of thiophene rings is 1. The zero-order chi connectivity index (χ0) is 16.7. The number of nitrogens with one attached hydrogen (secondary N) is 2. The van der Waals surface area contributed by atoms with Crippen LogP contribution in [0.15, 0.2) is 12.1 Å². The quantitative estimate of drug-likeness (QED) is 0.796. The van der Waals surface area contributed by atoms with E-state index in [9.17, 15) is 4.79 Å². The van der Waals surface area contributed by atoms with E-state index in [4.69, 9.17) is 11.6 Å². The van der Waals surface area contributed by atoms with Gasteiger partial charge in [0.2, 0.25) is 0 Å². The highest BCUT2D eigenvalue weighted by atomic mass is 35.5. The van der Waals surface area contributed by atoms with Crippen LogP contribution in [0.5, 0.6) is 0 Å². The van der Waals surface area contributed by atoms with Crippen LogP contribution in [0.2, 0.25) is 4.34 Å². The Bertz CT molecular complexity index is 579. The molecule has 1 amide bonds. The Balaban J connectivity index is 1.26. The molecule has 5 rings (SSSR count). The zero-order valence-electron chi connectivity index (χ0n) is 14.4. The second-order valence-corrected chi connectivity index (χ2v) is 10.5. The summed E-state index contributed by atoms with van der Waals surface area (Å²) in [5.41, 5.74) is 0.430. The molecule has 0 aliphatic heterocycles. The fourth-order valence-corrected chi connectivity index (χ4v) is 7.14. The maximum atomic E-state index is 12.4. The van der Waals surface area contributed by atoms with Crippen LogP contribution in [0, 0.1) is 23.2 Å². The minimum Gasteiger partial charge on any atom is -0.351 e. The van der Waals surface area contributed by atoms with Crippen molar-refractivity contribution in [1.82, 2.24) is 5.32 Å². The Labute approximate surface area is 153 Å². The normalized spacial score (nSPS) is 35.2. The molecular formula is C19H28ClN2OS+. The monoisotopic (exact) mass is 367 g/mol. The average molecular weight is 368 g/mol. The van der Waals surface area contributed by atoms with E-state index in [1.807, 2.05) is 6.07 Å². The minimum absolute atomic E-state index is 0.200. The lowest BCUT2D eigenvalue weighted by molar-refractivity contribution is -0.885. The molecule has 0 radical (unpaired) electrons. The lowest BCUT2D eigenvalue weighted by Gasteiger charge is -2.56. The molecule has 4 bridgehead atoms. The van der Waals surface area contributed by atoms with Gasteiger partial charge in [0.15, 0.2) is 6.54 Å². The molecule has 24 heavy (non-hydrogen) atoms. The molecule has 5 heteroatoms. The second kappa shape index (κ2) is 6.62. The zero-order valence-corrected chi connectivity index (χ0v) is 16.0. The molecule has 0 saturated heterocycles. The van der Waals surface area contributed by atoms with Gasteiger partial charge in [-0.1, -0.05) is 11.6 Å². The smallest absolute Gasteiger partial charge is 0.275 e. The number of hydrogen-bond acceptors (Lipinski definition) is 2. The first-order valence-electron chi connectivity index (χ1n) is 9.32. The molecule has 0 aromatic carbocycles. The lowest BCUT2D eigenvalue weighted by Crippen LogP contribution is -3.08. The molecule has 3 nitrogen and oxygen atoms in total. The van der Waals surface area contributed by atoms with Gasteiger partial charge in [-0.05, 0) is 73.8 Å². The highest BCUT2D eigenvalue weighted by Crippen LogP contribution is 2.59. The first kappa shape index (κ1) is 16.9. The van der Waals surface area contributed by atoms with Gasteiger partial charge < -0.3 is 10.2 Å². The number of rotatable bonds is 6. The number of amides is 1. The number of quaternary nitrogens is 1. The summed E-state index contributed by atoms with van der Waals surface area (Å²) in [4.78, 5) is 14.8. The van der Waals surface area contributed by atoms with Gasteiger partial charge >= 0.3 is 0 Å². The van der Waals surface area contributed by atoms with Crippen LogP contribution in [0.3, 0.4) is 0 Å². The predicted molar refractivity (Wildman–Crippen MR) is 98.4 cm³/mol. The van der Waals surface area contributed by atoms with E-state index in [1.165, 1.54) is 48.3 Å². The number of carbonyl (C=O) groups is 1. The molecule has 132 valence electrons. The number of carbonyl (C=O) groups excluding carboxylic acids is 1. The van der Waals surface area contributed by atoms with Crippen LogP contribution in [0.1, 0.15) is 43.4 Å². The molecule has 1 atom stereocenters. The molecular weight excluding hydrogens is 340 g/mol. The van der Waals surface area contributed by atoms with Gasteiger partial charge in [-0.25, -0.2) is 0 Å². The van der Waals surface area contributed by atoms with E-state index in [0.29, 0.717) is 12.0 Å². The summed E-state index contributed by atoms with van der Waals surface area (Å²) in [7, 11) is 2.08. The summed E-state index contributed by atoms with van der Waals surface area (Å²) in [5, 5.41) is 3.28. The van der Waals surface area contributed by atoms with Gasteiger partial charge in [-0.15, -0.1) is 11.3 Å². The number of hydrogen-bond donors (Lipinski definition) is 2. The van der Waals surface area contributed by atoms with Crippen molar-refractivity contribution < 1.29 is 9.69 Å². The Morgan fingerprint density at radius 1 is 1.25 bits per heavy atom. The predicted octanol–water partition coefficient (Wildman–Crippen LogP) is 2.75. The Morgan fingerprint density at radius 3 is 2.42 bits per heavy atom. The third-order valence-corrected chi connectivity index (χ3v) is 7.62. The van der Waals surface area contributed by atoms with Crippen LogP contribution < -0.4 is 10.2 Å². The maximum Gasteiger partial charge on any atom is 0.275 e. The van der Waals surface area contributed by atoms with Crippen LogP contribution in [0.4, 0.5) is 0 Å². The van der Waals surface area contributed by atoms with Crippen molar-refractivity contribution in [3.05, 3.63) is 21.3 Å². The van der Waals surface area contributed by atoms with Gasteiger partial charge in [0, 0.05) is 6.54 Å². The summed E-state index contributed by atoms with van der Waals surface area (Å²) in [6.45, 7) is 2.32. The van der Waals surface area contributed by atoms with Crippen LogP contribution in [0.25, 0.3) is 0 Å². The standard InChI is InChI=1S/C19H27ClN2OS/c1-22(10-16-2-3-17(20)24-16)11-18(23)21-12-19-7-13-4-14(8-19)6-15(5-13)9-19/h2-3,13-15H,4-12H2,1H3,(H,21,23)/p+1. The third-order valence-electron chi connectivity index (χ3n) is 6.39. The van der Waals surface area contributed by atoms with Crippen molar-refractivity contribution in [3.8, 4) is 0 Å². The highest BCUT2D eigenvalue weighted by molar-refractivity contribution is 7.16. The van der Waals surface area contributed by atoms with Gasteiger partial charge in [-0.3, -0.25) is 4.79 Å². The molecule has 4 fully saturated rings. The summed E-state index contributed by atoms with van der Waals surface area (Å²) in [6.07, 6.45) is 8.46. The van der Waals surface area contributed by atoms with Gasteiger partial charge in [-0.2, -0.15) is 0 Å². The van der Waals surface area contributed by atoms with Crippen molar-refractivity contribution in [3.63, 3.8) is 0 Å². The van der Waals surface area contributed by atoms with Crippen LogP contribution in [-0.4, -0.2) is 26.0 Å². The fraction of sp³-hybridized carbons (Fsp3) is 0.737. The van der Waals surface area contributed by atoms with E-state index in [-0.39, 0.29) is 5.91 Å². The first-order chi connectivity index (χ1) is 11.5. The molecule has 4 aliphatic carbocycles. The second-order valence-electron chi connectivity index (χ2n) is 8.71. The van der Waals surface area contributed by atoms with Crippen molar-refractivity contribution in [1.29, 1.82) is 0 Å². The number of halogens is 1. The molecule has 1 unspecified atom stereocenters. The van der Waals surface area contributed by atoms with E-state index in [2.05, 4.69) is 18.4 Å². The third kappa shape index (κ3) is 3.66. The van der Waals surface area contributed by atoms with Crippen molar-refractivity contribution in [2.24, 2.45) is 23.2 Å². The van der Waals surface area contributed by atoms with Crippen LogP contribution in [-0.2, 0) is 11.3 Å². The molecule has 4 aliphatic rings. The molecule has 1 aromatic heterocycles. The maximum absolute atomic E-state index is 12.4. The van der Waals surface area contributed by atoms with Crippen LogP contribution >= 0.6 is 22.9 Å². The van der Waals surface area contributed by atoms with E-state index < -0.39 is 0 Å². The highest BCUT2D eigenvalue weighted by Gasteiger charge is 2.50. The molecule has 0 spiro atoms. The summed E-state index contributed by atoms with van der Waals surface area (Å²) in [5.74, 6) is 3.05. The molecule has 2 N–H and O–H groups in total. The van der Waals surface area contributed by atoms with E-state index in [1.54, 1.807) is 11.3 Å². The topological polar surface area (TPSA) is 33.5 Å². The Kier molecular flexibility index (Phi) is 4.65. The van der Waals surface area contributed by atoms with Gasteiger partial charge in [0.25, 0.3) is 5.91 Å². The minimum atomic E-state index is 0.200. The Morgan fingerprint density at radius 2 is 1.88 bits per heavy atom. The molecule has 1 heterocycles. The van der Waals surface area contributed by atoms with Gasteiger partial charge in [0.05, 0.1) is 16.3 Å². The summed E-state index contributed by atoms with van der Waals surface area (Å²) < 4.78 is 0.823. The SMILES string of the molecule is C[NH+](CC(=O)NCC12CC3CC(CC(C3)C1)C2)Cc1ccc(Cl)s1. The van der Waals surface area contributed by atoms with E-state index >= 15 is 0 Å². The van der Waals surface area contributed by atoms with Crippen molar-refractivity contribution in [2.45, 2.75) is 45.1 Å². The van der Waals surface area contributed by atoms with Crippen molar-refractivity contribution >= 4 is 28.8 Å². The first-order valence-corrected chi connectivity index (χ1v) is 10.5. The van der Waals surface area contributed by atoms with E-state index in [0.717, 1.165) is 35.2 Å². The summed E-state index contributed by atoms with van der Waals surface area (Å²) in [6, 6.07) is 3.99. The largest absolute Gasteiger partial charge is 0.351 e. The Hall–Kier alpha value is -0.580. The molecule has 1 aromatic rings. The fourth-order valence-electron chi connectivity index (χ4n) is 5.94.